The minimum Gasteiger partial charge on any atom is -0.477 e. The molecule has 2 aromatic carbocycles. The third-order valence-electron chi connectivity index (χ3n) is 8.63. The Morgan fingerprint density at radius 2 is 1.40 bits per heavy atom. The summed E-state index contributed by atoms with van der Waals surface area (Å²) in [6, 6.07) is 12.2. The zero-order valence-electron chi connectivity index (χ0n) is 34.8. The van der Waals surface area contributed by atoms with E-state index in [1.165, 1.54) is 6.92 Å². The van der Waals surface area contributed by atoms with Gasteiger partial charge in [-0.1, -0.05) is 42.3 Å². The number of rotatable bonds is 23. The summed E-state index contributed by atoms with van der Waals surface area (Å²) in [5.74, 6) is -7.40. The monoisotopic (exact) mass is 870 g/mol. The third-order valence-corrected chi connectivity index (χ3v) is 8.63. The highest BCUT2D eigenvalue weighted by Gasteiger charge is 2.59. The first-order valence-electron chi connectivity index (χ1n) is 19.2. The predicted octanol–water partition coefficient (Wildman–Crippen LogP) is 1.03. The Morgan fingerprint density at radius 3 is 1.97 bits per heavy atom. The second-order valence-electron chi connectivity index (χ2n) is 13.6. The first-order valence-corrected chi connectivity index (χ1v) is 19.2. The van der Waals surface area contributed by atoms with Crippen molar-refractivity contribution < 1.29 is 86.1 Å². The van der Waals surface area contributed by atoms with E-state index in [4.69, 9.17) is 49.1 Å². The number of carbonyl (C=O) groups excluding carboxylic acids is 7. The number of nitrogens with one attached hydrogen (secondary N) is 2. The maximum absolute atomic E-state index is 13.3. The molecule has 336 valence electrons. The molecule has 3 rings (SSSR count). The zero-order valence-corrected chi connectivity index (χ0v) is 34.8. The van der Waals surface area contributed by atoms with Gasteiger partial charge < -0.3 is 58.4 Å². The molecule has 1 aliphatic rings. The first-order chi connectivity index (χ1) is 29.4. The standard InChI is InChI=1S/C42H50N2O18/c1-7-16-54-17-18-55-19-20-57-42(41(52)53)22-34(59-27(4)47)38(44-37(51)24-56-25(2)45)40(62-42)39(61-29(6)49)35(60-28(5)48)23-43-36(50)21-30-8-10-31(11-9-30)32-12-14-33(15-13-32)58-26(3)46/h1,8-15,34-35,38-40H,16-24H2,2-6H3,(H,43,50)(H,44,51)(H,52,53)/t34-,35+,38+,39+,40+,42+/m0/s1. The summed E-state index contributed by atoms with van der Waals surface area (Å²) in [6.07, 6.45) is -2.71. The number of carbonyl (C=O) groups is 8. The van der Waals surface area contributed by atoms with Crippen molar-refractivity contribution in [3.8, 4) is 29.2 Å². The van der Waals surface area contributed by atoms with Crippen molar-refractivity contribution in [1.82, 2.24) is 10.6 Å². The van der Waals surface area contributed by atoms with Crippen LogP contribution in [-0.2, 0) is 82.7 Å². The summed E-state index contributed by atoms with van der Waals surface area (Å²) < 4.78 is 48.9. The highest BCUT2D eigenvalue weighted by molar-refractivity contribution is 5.81. The molecule has 1 aliphatic heterocycles. The molecule has 62 heavy (non-hydrogen) atoms. The van der Waals surface area contributed by atoms with Gasteiger partial charge in [-0.3, -0.25) is 33.6 Å². The number of carboxylic acid groups (broad SMARTS) is 1. The fourth-order valence-electron chi connectivity index (χ4n) is 6.17. The maximum Gasteiger partial charge on any atom is 0.364 e. The lowest BCUT2D eigenvalue weighted by Gasteiger charge is -2.48. The van der Waals surface area contributed by atoms with Gasteiger partial charge in [-0.15, -0.1) is 6.42 Å². The number of aliphatic carboxylic acids is 1. The fourth-order valence-corrected chi connectivity index (χ4v) is 6.17. The van der Waals surface area contributed by atoms with E-state index < -0.39 is 110 Å². The molecule has 20 nitrogen and oxygen atoms in total. The SMILES string of the molecule is C#CCOCCOCCO[C@]1(C(=O)O)C[C@H](OC(C)=O)[C@@H](NC(=O)COC(C)=O)[C@H]([C@H](OC(C)=O)[C@@H](CNC(=O)Cc2ccc(-c3ccc(OC(C)=O)cc3)cc2)OC(C)=O)O1. The van der Waals surface area contributed by atoms with Crippen molar-refractivity contribution in [3.63, 3.8) is 0 Å². The summed E-state index contributed by atoms with van der Waals surface area (Å²) in [6.45, 7) is 3.60. The third kappa shape index (κ3) is 16.6. The van der Waals surface area contributed by atoms with Crippen LogP contribution >= 0.6 is 0 Å². The van der Waals surface area contributed by atoms with Crippen LogP contribution in [0.3, 0.4) is 0 Å². The first kappa shape index (κ1) is 50.0. The Balaban J connectivity index is 1.94. The van der Waals surface area contributed by atoms with Crippen LogP contribution in [0.1, 0.15) is 46.6 Å². The second-order valence-corrected chi connectivity index (χ2v) is 13.6. The van der Waals surface area contributed by atoms with Crippen molar-refractivity contribution in [1.29, 1.82) is 0 Å². The van der Waals surface area contributed by atoms with Crippen LogP contribution in [0.5, 0.6) is 5.75 Å². The van der Waals surface area contributed by atoms with Gasteiger partial charge in [0, 0.05) is 34.6 Å². The number of carboxylic acids is 1. The van der Waals surface area contributed by atoms with E-state index in [1.54, 1.807) is 48.5 Å². The molecule has 2 aromatic rings. The summed E-state index contributed by atoms with van der Waals surface area (Å²) in [4.78, 5) is 100.0. The van der Waals surface area contributed by atoms with Crippen LogP contribution < -0.4 is 15.4 Å². The highest BCUT2D eigenvalue weighted by Crippen LogP contribution is 2.36. The number of benzene rings is 2. The molecule has 0 spiro atoms. The van der Waals surface area contributed by atoms with Gasteiger partial charge in [-0.25, -0.2) is 4.79 Å². The van der Waals surface area contributed by atoms with Crippen LogP contribution in [-0.4, -0.2) is 135 Å². The number of hydrogen-bond acceptors (Lipinski definition) is 17. The summed E-state index contributed by atoms with van der Waals surface area (Å²) in [5.41, 5.74) is 2.19. The van der Waals surface area contributed by atoms with Crippen molar-refractivity contribution in [2.75, 3.05) is 46.2 Å². The van der Waals surface area contributed by atoms with Gasteiger partial charge in [0.1, 0.15) is 24.6 Å². The van der Waals surface area contributed by atoms with Crippen LogP contribution in [0.15, 0.2) is 48.5 Å². The lowest BCUT2D eigenvalue weighted by molar-refractivity contribution is -0.314. The van der Waals surface area contributed by atoms with Crippen LogP contribution in [0, 0.1) is 12.3 Å². The maximum atomic E-state index is 13.3. The van der Waals surface area contributed by atoms with Gasteiger partial charge in [0.25, 0.3) is 11.7 Å². The van der Waals surface area contributed by atoms with E-state index in [0.717, 1.165) is 38.8 Å². The quantitative estimate of drug-likeness (QED) is 0.0463. The Morgan fingerprint density at radius 1 is 0.790 bits per heavy atom. The minimum atomic E-state index is -2.68. The molecule has 1 saturated heterocycles. The summed E-state index contributed by atoms with van der Waals surface area (Å²) >= 11 is 0. The molecule has 1 heterocycles. The Bertz CT molecular complexity index is 1930. The van der Waals surface area contributed by atoms with Crippen LogP contribution in [0.2, 0.25) is 0 Å². The fraction of sp³-hybridized carbons (Fsp3) is 0.476. The number of ether oxygens (including phenoxy) is 9. The van der Waals surface area contributed by atoms with Gasteiger partial charge in [0.2, 0.25) is 5.91 Å². The van der Waals surface area contributed by atoms with Crippen molar-refractivity contribution in [3.05, 3.63) is 54.1 Å². The van der Waals surface area contributed by atoms with E-state index in [0.29, 0.717) is 11.3 Å². The molecule has 1 fully saturated rings. The number of terminal acetylenes is 1. The minimum absolute atomic E-state index is 0.0431. The number of esters is 5. The highest BCUT2D eigenvalue weighted by atomic mass is 16.7. The molecule has 0 saturated carbocycles. The largest absolute Gasteiger partial charge is 0.477 e. The van der Waals surface area contributed by atoms with Crippen molar-refractivity contribution in [2.45, 2.75) is 83.7 Å². The molecule has 0 aliphatic carbocycles. The molecule has 20 heteroatoms. The van der Waals surface area contributed by atoms with Gasteiger partial charge in [0.15, 0.2) is 18.8 Å². The smallest absolute Gasteiger partial charge is 0.364 e. The molecular weight excluding hydrogens is 820 g/mol. The van der Waals surface area contributed by atoms with E-state index in [-0.39, 0.29) is 32.8 Å². The van der Waals surface area contributed by atoms with Crippen LogP contribution in [0.25, 0.3) is 11.1 Å². The molecule has 0 bridgehead atoms. The van der Waals surface area contributed by atoms with Gasteiger partial charge in [-0.2, -0.15) is 0 Å². The Hall–Kier alpha value is -6.40. The molecule has 0 unspecified atom stereocenters. The Labute approximate surface area is 357 Å². The lowest BCUT2D eigenvalue weighted by Crippen LogP contribution is -2.69. The molecule has 0 radical (unpaired) electrons. The predicted molar refractivity (Wildman–Crippen MR) is 211 cm³/mol. The normalized spacial score (nSPS) is 19.0. The van der Waals surface area contributed by atoms with Gasteiger partial charge in [0.05, 0.1) is 51.9 Å². The summed E-state index contributed by atoms with van der Waals surface area (Å²) in [7, 11) is 0. The average molecular weight is 871 g/mol. The van der Waals surface area contributed by atoms with E-state index >= 15 is 0 Å². The Kier molecular flexibility index (Phi) is 19.9. The average Bonchev–Trinajstić information content (AvgIpc) is 3.19. The lowest BCUT2D eigenvalue weighted by atomic mass is 9.87. The molecule has 6 atom stereocenters. The van der Waals surface area contributed by atoms with Crippen LogP contribution in [0.4, 0.5) is 0 Å². The van der Waals surface area contributed by atoms with E-state index in [1.807, 2.05) is 0 Å². The topological polar surface area (TPSA) is 264 Å². The molecule has 3 N–H and O–H groups in total. The molecule has 2 amide bonds. The summed E-state index contributed by atoms with van der Waals surface area (Å²) in [5, 5.41) is 15.7. The number of hydrogen-bond donors (Lipinski definition) is 3. The van der Waals surface area contributed by atoms with Gasteiger partial charge >= 0.3 is 35.8 Å². The van der Waals surface area contributed by atoms with Crippen molar-refractivity contribution in [2.24, 2.45) is 0 Å². The van der Waals surface area contributed by atoms with E-state index in [9.17, 15) is 43.5 Å². The molecular formula is C42H50N2O18. The second kappa shape index (κ2) is 24.8. The van der Waals surface area contributed by atoms with Crippen molar-refractivity contribution >= 4 is 47.6 Å². The van der Waals surface area contributed by atoms with E-state index in [2.05, 4.69) is 16.6 Å². The molecule has 0 aromatic heterocycles. The van der Waals surface area contributed by atoms with Gasteiger partial charge in [-0.05, 0) is 28.8 Å². The zero-order chi connectivity index (χ0) is 45.8. The number of amides is 2.